The first-order valence-electron chi connectivity index (χ1n) is 5.79. The minimum atomic E-state index is -0.450. The van der Waals surface area contributed by atoms with E-state index in [4.69, 9.17) is 15.2 Å². The highest BCUT2D eigenvalue weighted by Gasteiger charge is 2.13. The topological polar surface area (TPSA) is 79.4 Å². The van der Waals surface area contributed by atoms with Crippen LogP contribution in [0, 0.1) is 0 Å². The van der Waals surface area contributed by atoms with E-state index in [2.05, 4.69) is 5.10 Å². The van der Waals surface area contributed by atoms with Gasteiger partial charge in [0.05, 0.1) is 13.7 Å². The number of esters is 1. The van der Waals surface area contributed by atoms with E-state index in [1.807, 2.05) is 12.3 Å². The van der Waals surface area contributed by atoms with Crippen molar-refractivity contribution in [1.82, 2.24) is 9.78 Å². The van der Waals surface area contributed by atoms with Crippen LogP contribution in [0.5, 0.6) is 5.75 Å². The normalized spacial score (nSPS) is 10.2. The number of hydrogen-bond donors (Lipinski definition) is 1. The average Bonchev–Trinajstić information content (AvgIpc) is 2.91. The summed E-state index contributed by atoms with van der Waals surface area (Å²) in [7, 11) is 1.33. The van der Waals surface area contributed by atoms with E-state index in [0.717, 1.165) is 0 Å². The summed E-state index contributed by atoms with van der Waals surface area (Å²) in [6, 6.07) is 6.66. The number of hydrogen-bond acceptors (Lipinski definition) is 5. The molecular formula is C13H15N3O3. The van der Waals surface area contributed by atoms with Crippen molar-refractivity contribution in [1.29, 1.82) is 0 Å². The smallest absolute Gasteiger partial charge is 0.341 e. The van der Waals surface area contributed by atoms with Crippen molar-refractivity contribution in [2.45, 2.75) is 6.54 Å². The Balaban J connectivity index is 2.05. The van der Waals surface area contributed by atoms with Gasteiger partial charge in [0.15, 0.2) is 0 Å². The third-order valence-corrected chi connectivity index (χ3v) is 2.55. The minimum Gasteiger partial charge on any atom is -0.491 e. The SMILES string of the molecule is COC(=O)c1ccc(N)cc1OCCn1cccn1. The summed E-state index contributed by atoms with van der Waals surface area (Å²) in [5, 5.41) is 4.06. The van der Waals surface area contributed by atoms with E-state index in [0.29, 0.717) is 30.2 Å². The van der Waals surface area contributed by atoms with Crippen LogP contribution in [-0.2, 0) is 11.3 Å². The first kappa shape index (κ1) is 12.9. The van der Waals surface area contributed by atoms with Gasteiger partial charge in [-0.3, -0.25) is 4.68 Å². The van der Waals surface area contributed by atoms with E-state index in [9.17, 15) is 4.79 Å². The molecule has 0 saturated carbocycles. The fraction of sp³-hybridized carbons (Fsp3) is 0.231. The zero-order chi connectivity index (χ0) is 13.7. The highest BCUT2D eigenvalue weighted by Crippen LogP contribution is 2.22. The first-order chi connectivity index (χ1) is 9.20. The molecule has 2 aromatic rings. The number of rotatable bonds is 5. The van der Waals surface area contributed by atoms with E-state index >= 15 is 0 Å². The molecule has 1 aromatic heterocycles. The van der Waals surface area contributed by atoms with Gasteiger partial charge in [0.1, 0.15) is 17.9 Å². The van der Waals surface area contributed by atoms with Crippen LogP contribution in [-0.4, -0.2) is 29.5 Å². The fourth-order valence-corrected chi connectivity index (χ4v) is 1.62. The Morgan fingerprint density at radius 2 is 2.32 bits per heavy atom. The second kappa shape index (κ2) is 5.90. The van der Waals surface area contributed by atoms with Crippen LogP contribution in [0.25, 0.3) is 0 Å². The maximum atomic E-state index is 11.6. The standard InChI is InChI=1S/C13H15N3O3/c1-18-13(17)11-4-3-10(14)9-12(11)19-8-7-16-6-2-5-15-16/h2-6,9H,7-8,14H2,1H3. The Morgan fingerprint density at radius 3 is 3.00 bits per heavy atom. The number of carbonyl (C=O) groups excluding carboxylic acids is 1. The number of ether oxygens (including phenoxy) is 2. The number of anilines is 1. The summed E-state index contributed by atoms with van der Waals surface area (Å²) >= 11 is 0. The largest absolute Gasteiger partial charge is 0.491 e. The molecule has 0 saturated heterocycles. The number of nitrogen functional groups attached to an aromatic ring is 1. The number of nitrogens with zero attached hydrogens (tertiary/aromatic N) is 2. The van der Waals surface area contributed by atoms with Gasteiger partial charge >= 0.3 is 5.97 Å². The first-order valence-corrected chi connectivity index (χ1v) is 5.79. The number of benzene rings is 1. The Bertz CT molecular complexity index is 552. The zero-order valence-electron chi connectivity index (χ0n) is 10.6. The molecule has 2 rings (SSSR count). The van der Waals surface area contributed by atoms with Crippen molar-refractivity contribution in [3.8, 4) is 5.75 Å². The molecule has 2 N–H and O–H groups in total. The van der Waals surface area contributed by atoms with Crippen molar-refractivity contribution in [3.63, 3.8) is 0 Å². The van der Waals surface area contributed by atoms with E-state index in [-0.39, 0.29) is 0 Å². The van der Waals surface area contributed by atoms with E-state index in [1.165, 1.54) is 7.11 Å². The summed E-state index contributed by atoms with van der Waals surface area (Å²) in [6.07, 6.45) is 3.53. The fourth-order valence-electron chi connectivity index (χ4n) is 1.62. The van der Waals surface area contributed by atoms with Crippen LogP contribution in [0.3, 0.4) is 0 Å². The Morgan fingerprint density at radius 1 is 1.47 bits per heavy atom. The van der Waals surface area contributed by atoms with Crippen LogP contribution < -0.4 is 10.5 Å². The molecule has 0 bridgehead atoms. The van der Waals surface area contributed by atoms with Crippen LogP contribution in [0.15, 0.2) is 36.7 Å². The van der Waals surface area contributed by atoms with Crippen molar-refractivity contribution in [3.05, 3.63) is 42.2 Å². The van der Waals surface area contributed by atoms with Crippen LogP contribution in [0.4, 0.5) is 5.69 Å². The molecular weight excluding hydrogens is 246 g/mol. The van der Waals surface area contributed by atoms with Gasteiger partial charge in [-0.2, -0.15) is 5.10 Å². The molecule has 100 valence electrons. The predicted molar refractivity (Wildman–Crippen MR) is 69.9 cm³/mol. The molecule has 0 fully saturated rings. The summed E-state index contributed by atoms with van der Waals surface area (Å²) in [5.74, 6) is -0.0342. The third kappa shape index (κ3) is 3.25. The van der Waals surface area contributed by atoms with Crippen molar-refractivity contribution in [2.24, 2.45) is 0 Å². The molecule has 0 amide bonds. The Labute approximate surface area is 110 Å². The van der Waals surface area contributed by atoms with Gasteiger partial charge in [-0.05, 0) is 18.2 Å². The number of methoxy groups -OCH3 is 1. The molecule has 0 spiro atoms. The molecule has 1 aromatic carbocycles. The molecule has 0 aliphatic heterocycles. The van der Waals surface area contributed by atoms with Gasteiger partial charge in [-0.15, -0.1) is 0 Å². The van der Waals surface area contributed by atoms with Crippen molar-refractivity contribution < 1.29 is 14.3 Å². The van der Waals surface area contributed by atoms with Gasteiger partial charge in [0.25, 0.3) is 0 Å². The lowest BCUT2D eigenvalue weighted by Crippen LogP contribution is -2.11. The maximum absolute atomic E-state index is 11.6. The van der Waals surface area contributed by atoms with E-state index in [1.54, 1.807) is 29.1 Å². The average molecular weight is 261 g/mol. The summed E-state index contributed by atoms with van der Waals surface area (Å²) < 4.78 is 12.0. The lowest BCUT2D eigenvalue weighted by molar-refractivity contribution is 0.0596. The van der Waals surface area contributed by atoms with Crippen molar-refractivity contribution >= 4 is 11.7 Å². The number of aromatic nitrogens is 2. The zero-order valence-corrected chi connectivity index (χ0v) is 10.6. The molecule has 6 heteroatoms. The molecule has 0 radical (unpaired) electrons. The highest BCUT2D eigenvalue weighted by molar-refractivity contribution is 5.93. The lowest BCUT2D eigenvalue weighted by Gasteiger charge is -2.11. The Hall–Kier alpha value is -2.50. The maximum Gasteiger partial charge on any atom is 0.341 e. The van der Waals surface area contributed by atoms with Gasteiger partial charge in [-0.1, -0.05) is 0 Å². The molecule has 0 aliphatic carbocycles. The molecule has 0 unspecified atom stereocenters. The number of nitrogens with two attached hydrogens (primary N) is 1. The van der Waals surface area contributed by atoms with Crippen LogP contribution >= 0.6 is 0 Å². The van der Waals surface area contributed by atoms with Crippen LogP contribution in [0.1, 0.15) is 10.4 Å². The van der Waals surface area contributed by atoms with Gasteiger partial charge in [-0.25, -0.2) is 4.79 Å². The monoisotopic (exact) mass is 261 g/mol. The number of carbonyl (C=O) groups is 1. The predicted octanol–water partition coefficient (Wildman–Crippen LogP) is 1.33. The molecule has 0 aliphatic rings. The minimum absolute atomic E-state index is 0.358. The molecule has 19 heavy (non-hydrogen) atoms. The van der Waals surface area contributed by atoms with E-state index < -0.39 is 5.97 Å². The molecule has 1 heterocycles. The van der Waals surface area contributed by atoms with Crippen LogP contribution in [0.2, 0.25) is 0 Å². The second-order valence-electron chi connectivity index (χ2n) is 3.86. The highest BCUT2D eigenvalue weighted by atomic mass is 16.5. The van der Waals surface area contributed by atoms with Gasteiger partial charge < -0.3 is 15.2 Å². The summed E-state index contributed by atoms with van der Waals surface area (Å²) in [6.45, 7) is 0.970. The second-order valence-corrected chi connectivity index (χ2v) is 3.86. The third-order valence-electron chi connectivity index (χ3n) is 2.55. The van der Waals surface area contributed by atoms with Gasteiger partial charge in [0, 0.05) is 24.1 Å². The summed E-state index contributed by atoms with van der Waals surface area (Å²) in [4.78, 5) is 11.6. The van der Waals surface area contributed by atoms with Gasteiger partial charge in [0.2, 0.25) is 0 Å². The van der Waals surface area contributed by atoms with Crippen molar-refractivity contribution in [2.75, 3.05) is 19.5 Å². The Kier molecular flexibility index (Phi) is 4.02. The lowest BCUT2D eigenvalue weighted by atomic mass is 10.2. The molecule has 6 nitrogen and oxygen atoms in total. The molecule has 0 atom stereocenters. The summed E-state index contributed by atoms with van der Waals surface area (Å²) in [5.41, 5.74) is 6.57. The quantitative estimate of drug-likeness (QED) is 0.649.